The average molecular weight is 371 g/mol. The highest BCUT2D eigenvalue weighted by Gasteiger charge is 2.10. The van der Waals surface area contributed by atoms with E-state index in [2.05, 4.69) is 16.0 Å². The van der Waals surface area contributed by atoms with Crippen LogP contribution in [0.4, 0.5) is 5.69 Å². The summed E-state index contributed by atoms with van der Waals surface area (Å²) in [6.07, 6.45) is 0. The van der Waals surface area contributed by atoms with Crippen molar-refractivity contribution in [2.24, 2.45) is 0 Å². The van der Waals surface area contributed by atoms with Crippen LogP contribution in [0.25, 0.3) is 0 Å². The van der Waals surface area contributed by atoms with E-state index in [0.29, 0.717) is 30.0 Å². The number of hydrogen-bond donors (Lipinski definition) is 3. The first-order valence-corrected chi connectivity index (χ1v) is 8.47. The molecule has 0 atom stereocenters. The van der Waals surface area contributed by atoms with E-state index in [9.17, 15) is 9.59 Å². The first kappa shape index (κ1) is 19.6. The number of carbonyl (C=O) groups is 2. The lowest BCUT2D eigenvalue weighted by atomic mass is 10.1. The Morgan fingerprint density at radius 3 is 2.38 bits per heavy atom. The lowest BCUT2D eigenvalue weighted by molar-refractivity contribution is 0.0935. The summed E-state index contributed by atoms with van der Waals surface area (Å²) in [6, 6.07) is 14.1. The van der Waals surface area contributed by atoms with Crippen LogP contribution in [0.1, 0.15) is 26.3 Å². The van der Waals surface area contributed by atoms with Gasteiger partial charge in [-0.25, -0.2) is 0 Å². The molecule has 0 bridgehead atoms. The topological polar surface area (TPSA) is 79.5 Å². The van der Waals surface area contributed by atoms with Crippen molar-refractivity contribution in [2.45, 2.75) is 6.92 Å². The molecular weight excluding hydrogens is 350 g/mol. The van der Waals surface area contributed by atoms with E-state index in [1.165, 1.54) is 0 Å². The van der Waals surface area contributed by atoms with Crippen LogP contribution < -0.4 is 16.0 Å². The number of amides is 2. The molecule has 0 heterocycles. The summed E-state index contributed by atoms with van der Waals surface area (Å²) >= 11 is 5.17. The van der Waals surface area contributed by atoms with E-state index >= 15 is 0 Å². The smallest absolute Gasteiger partial charge is 0.257 e. The highest BCUT2D eigenvalue weighted by molar-refractivity contribution is 7.80. The van der Waals surface area contributed by atoms with Crippen LogP contribution in [0.5, 0.6) is 0 Å². The summed E-state index contributed by atoms with van der Waals surface area (Å²) in [6.45, 7) is 2.77. The number of thiocarbonyl (C=S) groups is 1. The Morgan fingerprint density at radius 1 is 1.04 bits per heavy atom. The number of nitrogens with one attached hydrogen (secondary N) is 3. The highest BCUT2D eigenvalue weighted by atomic mass is 32.1. The van der Waals surface area contributed by atoms with Crippen LogP contribution in [-0.4, -0.2) is 37.2 Å². The van der Waals surface area contributed by atoms with Gasteiger partial charge in [0, 0.05) is 30.5 Å². The number of benzene rings is 2. The zero-order chi connectivity index (χ0) is 18.9. The van der Waals surface area contributed by atoms with Gasteiger partial charge < -0.3 is 15.4 Å². The summed E-state index contributed by atoms with van der Waals surface area (Å²) < 4.78 is 4.89. The van der Waals surface area contributed by atoms with Crippen molar-refractivity contribution in [3.8, 4) is 0 Å². The van der Waals surface area contributed by atoms with E-state index in [1.54, 1.807) is 43.5 Å². The summed E-state index contributed by atoms with van der Waals surface area (Å²) in [4.78, 5) is 24.2. The monoisotopic (exact) mass is 371 g/mol. The van der Waals surface area contributed by atoms with Crippen LogP contribution in [0.2, 0.25) is 0 Å². The maximum atomic E-state index is 12.2. The van der Waals surface area contributed by atoms with Gasteiger partial charge in [0.15, 0.2) is 5.11 Å². The third-order valence-electron chi connectivity index (χ3n) is 3.61. The van der Waals surface area contributed by atoms with Crippen LogP contribution in [0, 0.1) is 6.92 Å². The van der Waals surface area contributed by atoms with E-state index in [4.69, 9.17) is 17.0 Å². The zero-order valence-electron chi connectivity index (χ0n) is 14.7. The van der Waals surface area contributed by atoms with Gasteiger partial charge in [0.25, 0.3) is 11.8 Å². The van der Waals surface area contributed by atoms with Crippen molar-refractivity contribution in [2.75, 3.05) is 25.6 Å². The van der Waals surface area contributed by atoms with Crippen molar-refractivity contribution in [3.63, 3.8) is 0 Å². The molecule has 2 aromatic carbocycles. The molecule has 0 spiro atoms. The SMILES string of the molecule is COCCNC(=O)c1ccc(NC(=S)NC(=O)c2ccccc2C)cc1. The number of methoxy groups -OCH3 is 1. The van der Waals surface area contributed by atoms with Crippen molar-refractivity contribution in [1.82, 2.24) is 10.6 Å². The predicted octanol–water partition coefficient (Wildman–Crippen LogP) is 2.50. The zero-order valence-corrected chi connectivity index (χ0v) is 15.5. The van der Waals surface area contributed by atoms with Gasteiger partial charge in [0.1, 0.15) is 0 Å². The standard InChI is InChI=1S/C19H21N3O3S/c1-13-5-3-4-6-16(13)18(24)22-19(26)21-15-9-7-14(8-10-15)17(23)20-11-12-25-2/h3-10H,11-12H2,1-2H3,(H,20,23)(H2,21,22,24,26). The number of carbonyl (C=O) groups excluding carboxylic acids is 2. The Kier molecular flexibility index (Phi) is 7.25. The predicted molar refractivity (Wildman–Crippen MR) is 106 cm³/mol. The van der Waals surface area contributed by atoms with Crippen molar-refractivity contribution >= 4 is 34.8 Å². The second kappa shape index (κ2) is 9.65. The second-order valence-corrected chi connectivity index (χ2v) is 5.96. The largest absolute Gasteiger partial charge is 0.383 e. The Labute approximate surface area is 157 Å². The maximum Gasteiger partial charge on any atom is 0.257 e. The Hall–Kier alpha value is -2.77. The number of ether oxygens (including phenoxy) is 1. The molecule has 2 aromatic rings. The molecule has 2 amide bonds. The fourth-order valence-electron chi connectivity index (χ4n) is 2.23. The quantitative estimate of drug-likeness (QED) is 0.537. The lowest BCUT2D eigenvalue weighted by Crippen LogP contribution is -2.34. The molecule has 0 fully saturated rings. The minimum Gasteiger partial charge on any atom is -0.383 e. The van der Waals surface area contributed by atoms with Gasteiger partial charge >= 0.3 is 0 Å². The molecule has 0 aliphatic rings. The molecule has 0 saturated heterocycles. The molecule has 0 aliphatic heterocycles. The van der Waals surface area contributed by atoms with Crippen LogP contribution in [0.3, 0.4) is 0 Å². The molecule has 6 nitrogen and oxygen atoms in total. The fraction of sp³-hybridized carbons (Fsp3) is 0.211. The van der Waals surface area contributed by atoms with Crippen LogP contribution in [-0.2, 0) is 4.74 Å². The normalized spacial score (nSPS) is 10.1. The van der Waals surface area contributed by atoms with Crippen molar-refractivity contribution in [3.05, 3.63) is 65.2 Å². The van der Waals surface area contributed by atoms with Crippen LogP contribution in [0.15, 0.2) is 48.5 Å². The van der Waals surface area contributed by atoms with Crippen molar-refractivity contribution < 1.29 is 14.3 Å². The first-order chi connectivity index (χ1) is 12.5. The molecule has 2 rings (SSSR count). The Bertz CT molecular complexity index is 791. The van der Waals surface area contributed by atoms with Gasteiger partial charge in [0.2, 0.25) is 0 Å². The van der Waals surface area contributed by atoms with E-state index in [1.807, 2.05) is 19.1 Å². The second-order valence-electron chi connectivity index (χ2n) is 5.55. The molecule has 0 aliphatic carbocycles. The minimum atomic E-state index is -0.269. The number of rotatable bonds is 6. The van der Waals surface area contributed by atoms with Crippen molar-refractivity contribution in [1.29, 1.82) is 0 Å². The maximum absolute atomic E-state index is 12.2. The number of hydrogen-bond acceptors (Lipinski definition) is 4. The molecule has 136 valence electrons. The Morgan fingerprint density at radius 2 is 1.73 bits per heavy atom. The van der Waals surface area contributed by atoms with Crippen LogP contribution >= 0.6 is 12.2 Å². The molecule has 0 unspecified atom stereocenters. The Balaban J connectivity index is 1.90. The summed E-state index contributed by atoms with van der Waals surface area (Å²) in [7, 11) is 1.58. The van der Waals surface area contributed by atoms with Gasteiger partial charge in [-0.2, -0.15) is 0 Å². The van der Waals surface area contributed by atoms with Gasteiger partial charge in [-0.05, 0) is 55.0 Å². The molecule has 0 saturated carbocycles. The molecule has 0 aromatic heterocycles. The lowest BCUT2D eigenvalue weighted by Gasteiger charge is -2.11. The molecule has 26 heavy (non-hydrogen) atoms. The fourth-order valence-corrected chi connectivity index (χ4v) is 2.44. The first-order valence-electron chi connectivity index (χ1n) is 8.06. The molecular formula is C19H21N3O3S. The van der Waals surface area contributed by atoms with Gasteiger partial charge in [-0.1, -0.05) is 18.2 Å². The minimum absolute atomic E-state index is 0.177. The molecule has 3 N–H and O–H groups in total. The van der Waals surface area contributed by atoms with E-state index < -0.39 is 0 Å². The third-order valence-corrected chi connectivity index (χ3v) is 3.82. The highest BCUT2D eigenvalue weighted by Crippen LogP contribution is 2.10. The van der Waals surface area contributed by atoms with Gasteiger partial charge in [-0.3, -0.25) is 14.9 Å². The van der Waals surface area contributed by atoms with E-state index in [-0.39, 0.29) is 16.9 Å². The third kappa shape index (κ3) is 5.65. The summed E-state index contributed by atoms with van der Waals surface area (Å²) in [5.74, 6) is -0.446. The molecule has 0 radical (unpaired) electrons. The molecule has 7 heteroatoms. The summed E-state index contributed by atoms with van der Waals surface area (Å²) in [5.41, 5.74) is 2.64. The van der Waals surface area contributed by atoms with Gasteiger partial charge in [0.05, 0.1) is 6.61 Å². The number of anilines is 1. The van der Waals surface area contributed by atoms with E-state index in [0.717, 1.165) is 5.56 Å². The van der Waals surface area contributed by atoms with Gasteiger partial charge in [-0.15, -0.1) is 0 Å². The summed E-state index contributed by atoms with van der Waals surface area (Å²) in [5, 5.41) is 8.51. The average Bonchev–Trinajstić information content (AvgIpc) is 2.62. The number of aryl methyl sites for hydroxylation is 1.